The Balaban J connectivity index is 1.74. The van der Waals surface area contributed by atoms with Crippen LogP contribution in [0.4, 0.5) is 11.5 Å². The third-order valence-corrected chi connectivity index (χ3v) is 4.84. The average Bonchev–Trinajstić information content (AvgIpc) is 3.18. The Bertz CT molecular complexity index is 883. The molecule has 8 heteroatoms. The van der Waals surface area contributed by atoms with E-state index in [2.05, 4.69) is 25.6 Å². The minimum Gasteiger partial charge on any atom is -0.343 e. The number of halogens is 1. The molecule has 6 nitrogen and oxygen atoms in total. The van der Waals surface area contributed by atoms with Gasteiger partial charge in [-0.3, -0.25) is 9.78 Å². The fourth-order valence-corrected chi connectivity index (χ4v) is 3.15. The van der Waals surface area contributed by atoms with E-state index < -0.39 is 0 Å². The Kier molecular flexibility index (Phi) is 5.80. The summed E-state index contributed by atoms with van der Waals surface area (Å²) < 4.78 is 0. The largest absolute Gasteiger partial charge is 0.343 e. The lowest BCUT2D eigenvalue weighted by Gasteiger charge is -2.17. The number of pyridine rings is 2. The van der Waals surface area contributed by atoms with Gasteiger partial charge in [0, 0.05) is 23.5 Å². The van der Waals surface area contributed by atoms with Gasteiger partial charge >= 0.3 is 0 Å². The van der Waals surface area contributed by atoms with Crippen molar-refractivity contribution in [1.82, 2.24) is 20.3 Å². The van der Waals surface area contributed by atoms with Gasteiger partial charge in [0.25, 0.3) is 5.91 Å². The van der Waals surface area contributed by atoms with Crippen LogP contribution in [0.15, 0.2) is 42.2 Å². The molecule has 0 fully saturated rings. The summed E-state index contributed by atoms with van der Waals surface area (Å²) >= 11 is 7.69. The van der Waals surface area contributed by atoms with Crippen molar-refractivity contribution in [3.63, 3.8) is 0 Å². The van der Waals surface area contributed by atoms with Crippen molar-refractivity contribution in [3.8, 4) is 0 Å². The highest BCUT2D eigenvalue weighted by molar-refractivity contribution is 7.11. The third-order valence-electron chi connectivity index (χ3n) is 3.78. The van der Waals surface area contributed by atoms with E-state index >= 15 is 0 Å². The molecule has 0 saturated heterocycles. The van der Waals surface area contributed by atoms with E-state index in [-0.39, 0.29) is 11.9 Å². The summed E-state index contributed by atoms with van der Waals surface area (Å²) in [7, 11) is 0. The van der Waals surface area contributed by atoms with E-state index in [9.17, 15) is 4.79 Å². The van der Waals surface area contributed by atoms with E-state index in [1.807, 2.05) is 32.0 Å². The van der Waals surface area contributed by atoms with Crippen LogP contribution in [0.5, 0.6) is 0 Å². The molecule has 0 radical (unpaired) electrons. The maximum absolute atomic E-state index is 12.2. The second-order valence-electron chi connectivity index (χ2n) is 5.68. The molecule has 134 valence electrons. The second-order valence-corrected chi connectivity index (χ2v) is 6.99. The quantitative estimate of drug-likeness (QED) is 0.650. The zero-order chi connectivity index (χ0) is 18.5. The Morgan fingerprint density at radius 2 is 2.12 bits per heavy atom. The molecular formula is C18H18ClN5OS. The third kappa shape index (κ3) is 4.36. The predicted molar refractivity (Wildman–Crippen MR) is 104 cm³/mol. The van der Waals surface area contributed by atoms with Crippen LogP contribution in [0.3, 0.4) is 0 Å². The molecule has 1 amide bonds. The average molecular weight is 388 g/mol. The predicted octanol–water partition coefficient (Wildman–Crippen LogP) is 4.52. The number of nitrogens with one attached hydrogen (secondary N) is 2. The molecule has 3 aromatic rings. The first kappa shape index (κ1) is 18.3. The molecule has 1 atom stereocenters. The van der Waals surface area contributed by atoms with E-state index in [4.69, 9.17) is 11.6 Å². The minimum atomic E-state index is -0.198. The highest BCUT2D eigenvalue weighted by Crippen LogP contribution is 2.27. The van der Waals surface area contributed by atoms with Gasteiger partial charge in [-0.05, 0) is 37.1 Å². The maximum atomic E-state index is 12.2. The van der Waals surface area contributed by atoms with Crippen LogP contribution >= 0.6 is 22.9 Å². The highest BCUT2D eigenvalue weighted by atomic mass is 35.5. The highest BCUT2D eigenvalue weighted by Gasteiger charge is 2.17. The van der Waals surface area contributed by atoms with Crippen molar-refractivity contribution in [2.75, 3.05) is 5.32 Å². The fourth-order valence-electron chi connectivity index (χ4n) is 2.39. The first-order valence-electron chi connectivity index (χ1n) is 8.12. The van der Waals surface area contributed by atoms with Crippen LogP contribution in [0.2, 0.25) is 5.02 Å². The number of aryl methyl sites for hydroxylation is 1. The van der Waals surface area contributed by atoms with E-state index in [1.54, 1.807) is 24.0 Å². The minimum absolute atomic E-state index is 0.188. The van der Waals surface area contributed by atoms with Crippen molar-refractivity contribution in [3.05, 3.63) is 63.5 Å². The molecule has 0 aliphatic carbocycles. The van der Waals surface area contributed by atoms with Gasteiger partial charge in [0.2, 0.25) is 0 Å². The maximum Gasteiger partial charge on any atom is 0.280 e. The first-order chi connectivity index (χ1) is 12.6. The van der Waals surface area contributed by atoms with Gasteiger partial charge in [0.1, 0.15) is 5.82 Å². The number of nitrogens with zero attached hydrogens (tertiary/aromatic N) is 3. The van der Waals surface area contributed by atoms with Crippen molar-refractivity contribution in [2.24, 2.45) is 0 Å². The van der Waals surface area contributed by atoms with Crippen LogP contribution in [0.25, 0.3) is 0 Å². The lowest BCUT2D eigenvalue weighted by Crippen LogP contribution is -2.28. The summed E-state index contributed by atoms with van der Waals surface area (Å²) in [5.41, 5.74) is 2.59. The van der Waals surface area contributed by atoms with Gasteiger partial charge in [-0.2, -0.15) is 0 Å². The number of carbonyl (C=O) groups is 1. The van der Waals surface area contributed by atoms with Crippen molar-refractivity contribution in [1.29, 1.82) is 0 Å². The van der Waals surface area contributed by atoms with Crippen molar-refractivity contribution in [2.45, 2.75) is 26.3 Å². The lowest BCUT2D eigenvalue weighted by molar-refractivity contribution is 0.0935. The molecule has 0 aliphatic rings. The SMILES string of the molecule is CC[C@@H](NC(=O)c1nccs1)c1cnc(Nc2ccc(C)nc2)c(Cl)c1. The van der Waals surface area contributed by atoms with Crippen molar-refractivity contribution >= 4 is 40.4 Å². The van der Waals surface area contributed by atoms with Crippen LogP contribution in [-0.2, 0) is 0 Å². The molecule has 0 aliphatic heterocycles. The summed E-state index contributed by atoms with van der Waals surface area (Å²) in [6.45, 7) is 3.92. The zero-order valence-electron chi connectivity index (χ0n) is 14.4. The summed E-state index contributed by atoms with van der Waals surface area (Å²) in [5, 5.41) is 8.80. The summed E-state index contributed by atoms with van der Waals surface area (Å²) in [4.78, 5) is 24.9. The normalized spacial score (nSPS) is 11.8. The van der Waals surface area contributed by atoms with E-state index in [0.29, 0.717) is 22.3 Å². The van der Waals surface area contributed by atoms with E-state index in [0.717, 1.165) is 16.9 Å². The first-order valence-corrected chi connectivity index (χ1v) is 9.38. The standard InChI is InChI=1S/C18H18ClN5OS/c1-3-15(24-17(25)18-20-6-7-26-18)12-8-14(19)16(22-9-12)23-13-5-4-11(2)21-10-13/h4-10,15H,3H2,1-2H3,(H,22,23)(H,24,25)/t15-/m1/s1. The molecule has 0 aromatic carbocycles. The fraction of sp³-hybridized carbons (Fsp3) is 0.222. The van der Waals surface area contributed by atoms with Gasteiger partial charge in [-0.25, -0.2) is 9.97 Å². The Morgan fingerprint density at radius 1 is 1.27 bits per heavy atom. The molecule has 0 saturated carbocycles. The smallest absolute Gasteiger partial charge is 0.280 e. The number of hydrogen-bond acceptors (Lipinski definition) is 6. The Hall–Kier alpha value is -2.51. The molecule has 3 rings (SSSR count). The lowest BCUT2D eigenvalue weighted by atomic mass is 10.1. The number of hydrogen-bond donors (Lipinski definition) is 2. The molecule has 0 bridgehead atoms. The Labute approximate surface area is 160 Å². The van der Waals surface area contributed by atoms with Crippen LogP contribution in [0.1, 0.15) is 40.4 Å². The summed E-state index contributed by atoms with van der Waals surface area (Å²) in [5.74, 6) is 0.345. The number of carbonyl (C=O) groups excluding carboxylic acids is 1. The molecule has 26 heavy (non-hydrogen) atoms. The van der Waals surface area contributed by atoms with Gasteiger partial charge in [0.05, 0.1) is 22.9 Å². The van der Waals surface area contributed by atoms with Crippen LogP contribution < -0.4 is 10.6 Å². The monoisotopic (exact) mass is 387 g/mol. The van der Waals surface area contributed by atoms with E-state index in [1.165, 1.54) is 11.3 Å². The number of aromatic nitrogens is 3. The topological polar surface area (TPSA) is 79.8 Å². The molecule has 0 spiro atoms. The summed E-state index contributed by atoms with van der Waals surface area (Å²) in [6.07, 6.45) is 5.76. The van der Waals surface area contributed by atoms with Gasteiger partial charge in [0.15, 0.2) is 5.01 Å². The van der Waals surface area contributed by atoms with Gasteiger partial charge in [-0.15, -0.1) is 11.3 Å². The van der Waals surface area contributed by atoms with Crippen molar-refractivity contribution < 1.29 is 4.79 Å². The zero-order valence-corrected chi connectivity index (χ0v) is 15.9. The molecule has 3 aromatic heterocycles. The van der Waals surface area contributed by atoms with Crippen LogP contribution in [-0.4, -0.2) is 20.9 Å². The van der Waals surface area contributed by atoms with Crippen LogP contribution in [0, 0.1) is 6.92 Å². The molecule has 2 N–H and O–H groups in total. The van der Waals surface area contributed by atoms with Gasteiger partial charge in [-0.1, -0.05) is 18.5 Å². The number of amides is 1. The molecule has 3 heterocycles. The number of rotatable bonds is 6. The Morgan fingerprint density at radius 3 is 2.73 bits per heavy atom. The number of thiazole rings is 1. The molecular weight excluding hydrogens is 370 g/mol. The molecule has 0 unspecified atom stereocenters. The van der Waals surface area contributed by atoms with Gasteiger partial charge < -0.3 is 10.6 Å². The second kappa shape index (κ2) is 8.25. The summed E-state index contributed by atoms with van der Waals surface area (Å²) in [6, 6.07) is 5.45. The number of anilines is 2.